The van der Waals surface area contributed by atoms with Crippen LogP contribution in [-0.4, -0.2) is 23.6 Å². The zero-order valence-corrected chi connectivity index (χ0v) is 12.4. The second-order valence-electron chi connectivity index (χ2n) is 4.96. The van der Waals surface area contributed by atoms with E-state index in [1.54, 1.807) is 12.1 Å². The fraction of sp³-hybridized carbons (Fsp3) is 0.176. The van der Waals surface area contributed by atoms with Crippen LogP contribution in [0.2, 0.25) is 0 Å². The van der Waals surface area contributed by atoms with Crippen molar-refractivity contribution in [2.45, 2.75) is 13.8 Å². The molecular weight excluding hydrogens is 282 g/mol. The number of ether oxygens (including phenoxy) is 1. The maximum Gasteiger partial charge on any atom is 0.339 e. The zero-order chi connectivity index (χ0) is 16.1. The van der Waals surface area contributed by atoms with Crippen LogP contribution in [0.3, 0.4) is 0 Å². The fourth-order valence-corrected chi connectivity index (χ4v) is 2.05. The van der Waals surface area contributed by atoms with Crippen LogP contribution in [0.5, 0.6) is 5.75 Å². The third-order valence-electron chi connectivity index (χ3n) is 3.13. The highest BCUT2D eigenvalue weighted by molar-refractivity contribution is 5.93. The smallest absolute Gasteiger partial charge is 0.339 e. The number of hydrogen-bond acceptors (Lipinski definition) is 3. The van der Waals surface area contributed by atoms with Crippen molar-refractivity contribution in [1.82, 2.24) is 0 Å². The van der Waals surface area contributed by atoms with E-state index in [2.05, 4.69) is 5.32 Å². The Morgan fingerprint density at radius 2 is 1.86 bits per heavy atom. The number of hydrogen-bond donors (Lipinski definition) is 2. The third-order valence-corrected chi connectivity index (χ3v) is 3.13. The lowest BCUT2D eigenvalue weighted by molar-refractivity contribution is -0.118. The summed E-state index contributed by atoms with van der Waals surface area (Å²) in [6, 6.07) is 11.9. The number of aryl methyl sites for hydroxylation is 2. The number of carbonyl (C=O) groups excluding carboxylic acids is 1. The van der Waals surface area contributed by atoms with E-state index in [0.717, 1.165) is 11.1 Å². The van der Waals surface area contributed by atoms with Crippen LogP contribution in [0.15, 0.2) is 42.5 Å². The van der Waals surface area contributed by atoms with Gasteiger partial charge >= 0.3 is 5.97 Å². The van der Waals surface area contributed by atoms with Gasteiger partial charge in [0.25, 0.3) is 5.91 Å². The molecule has 0 aromatic heterocycles. The SMILES string of the molecule is Cc1ccc(NC(=O)COc2ccccc2C(=O)O)c(C)c1. The zero-order valence-electron chi connectivity index (χ0n) is 12.4. The molecule has 0 spiro atoms. The first kappa shape index (κ1) is 15.6. The van der Waals surface area contributed by atoms with Gasteiger partial charge in [-0.05, 0) is 37.6 Å². The van der Waals surface area contributed by atoms with E-state index >= 15 is 0 Å². The van der Waals surface area contributed by atoms with Crippen molar-refractivity contribution in [2.24, 2.45) is 0 Å². The van der Waals surface area contributed by atoms with Crippen molar-refractivity contribution in [3.05, 3.63) is 59.2 Å². The monoisotopic (exact) mass is 299 g/mol. The predicted molar refractivity (Wildman–Crippen MR) is 83.4 cm³/mol. The van der Waals surface area contributed by atoms with Gasteiger partial charge in [0.1, 0.15) is 11.3 Å². The number of carboxylic acids is 1. The molecule has 5 heteroatoms. The number of rotatable bonds is 5. The van der Waals surface area contributed by atoms with Crippen LogP contribution in [0.1, 0.15) is 21.5 Å². The Labute approximate surface area is 128 Å². The van der Waals surface area contributed by atoms with Gasteiger partial charge in [-0.2, -0.15) is 0 Å². The summed E-state index contributed by atoms with van der Waals surface area (Å²) in [5.74, 6) is -1.26. The van der Waals surface area contributed by atoms with Gasteiger partial charge in [-0.15, -0.1) is 0 Å². The highest BCUT2D eigenvalue weighted by Gasteiger charge is 2.12. The van der Waals surface area contributed by atoms with Crippen LogP contribution in [0, 0.1) is 13.8 Å². The summed E-state index contributed by atoms with van der Waals surface area (Å²) >= 11 is 0. The maximum absolute atomic E-state index is 11.9. The number of aromatic carboxylic acids is 1. The molecule has 2 rings (SSSR count). The fourth-order valence-electron chi connectivity index (χ4n) is 2.05. The highest BCUT2D eigenvalue weighted by Crippen LogP contribution is 2.18. The Kier molecular flexibility index (Phi) is 4.78. The molecule has 114 valence electrons. The maximum atomic E-state index is 11.9. The molecule has 0 radical (unpaired) electrons. The molecule has 0 fully saturated rings. The number of benzene rings is 2. The van der Waals surface area contributed by atoms with Crippen LogP contribution >= 0.6 is 0 Å². The molecular formula is C17H17NO4. The first-order valence-electron chi connectivity index (χ1n) is 6.79. The molecule has 5 nitrogen and oxygen atoms in total. The molecule has 0 unspecified atom stereocenters. The minimum atomic E-state index is -1.09. The molecule has 0 aliphatic rings. The van der Waals surface area contributed by atoms with Gasteiger partial charge in [0, 0.05) is 5.69 Å². The Balaban J connectivity index is 2.00. The summed E-state index contributed by atoms with van der Waals surface area (Å²) in [7, 11) is 0. The molecule has 2 aromatic rings. The largest absolute Gasteiger partial charge is 0.483 e. The minimum absolute atomic E-state index is 0.0295. The topological polar surface area (TPSA) is 75.6 Å². The molecule has 2 N–H and O–H groups in total. The van der Waals surface area contributed by atoms with Crippen molar-refractivity contribution < 1.29 is 19.4 Å². The summed E-state index contributed by atoms with van der Waals surface area (Å²) < 4.78 is 5.30. The average Bonchev–Trinajstić information content (AvgIpc) is 2.48. The molecule has 0 saturated heterocycles. The third kappa shape index (κ3) is 3.85. The van der Waals surface area contributed by atoms with Crippen molar-refractivity contribution in [3.63, 3.8) is 0 Å². The van der Waals surface area contributed by atoms with Crippen LogP contribution in [0.25, 0.3) is 0 Å². The van der Waals surface area contributed by atoms with E-state index < -0.39 is 5.97 Å². The van der Waals surface area contributed by atoms with E-state index in [0.29, 0.717) is 5.69 Å². The number of nitrogens with one attached hydrogen (secondary N) is 1. The number of anilines is 1. The van der Waals surface area contributed by atoms with E-state index in [1.165, 1.54) is 12.1 Å². The Hall–Kier alpha value is -2.82. The first-order chi connectivity index (χ1) is 10.5. The van der Waals surface area contributed by atoms with Gasteiger partial charge in [0.2, 0.25) is 0 Å². The quantitative estimate of drug-likeness (QED) is 0.890. The molecule has 0 aliphatic heterocycles. The number of para-hydroxylation sites is 1. The normalized spacial score (nSPS) is 10.1. The molecule has 0 heterocycles. The van der Waals surface area contributed by atoms with Crippen LogP contribution in [-0.2, 0) is 4.79 Å². The van der Waals surface area contributed by atoms with Gasteiger partial charge in [-0.25, -0.2) is 4.79 Å². The number of amides is 1. The highest BCUT2D eigenvalue weighted by atomic mass is 16.5. The summed E-state index contributed by atoms with van der Waals surface area (Å²) in [6.07, 6.45) is 0. The molecule has 1 amide bonds. The summed E-state index contributed by atoms with van der Waals surface area (Å²) in [4.78, 5) is 23.0. The molecule has 0 atom stereocenters. The van der Waals surface area contributed by atoms with Gasteiger partial charge in [-0.1, -0.05) is 29.8 Å². The molecule has 0 aliphatic carbocycles. The number of carbonyl (C=O) groups is 2. The summed E-state index contributed by atoms with van der Waals surface area (Å²) in [6.45, 7) is 3.63. The van der Waals surface area contributed by atoms with Crippen molar-refractivity contribution >= 4 is 17.6 Å². The average molecular weight is 299 g/mol. The Bertz CT molecular complexity index is 710. The second-order valence-corrected chi connectivity index (χ2v) is 4.96. The molecule has 22 heavy (non-hydrogen) atoms. The van der Waals surface area contributed by atoms with Crippen LogP contribution in [0.4, 0.5) is 5.69 Å². The Morgan fingerprint density at radius 3 is 2.55 bits per heavy atom. The lowest BCUT2D eigenvalue weighted by Gasteiger charge is -2.11. The summed E-state index contributed by atoms with van der Waals surface area (Å²) in [5.41, 5.74) is 2.81. The molecule has 2 aromatic carbocycles. The van der Waals surface area contributed by atoms with E-state index in [-0.39, 0.29) is 23.8 Å². The van der Waals surface area contributed by atoms with Gasteiger partial charge in [-0.3, -0.25) is 4.79 Å². The van der Waals surface area contributed by atoms with Crippen molar-refractivity contribution in [3.8, 4) is 5.75 Å². The standard InChI is InChI=1S/C17H17NO4/c1-11-7-8-14(12(2)9-11)18-16(19)10-22-15-6-4-3-5-13(15)17(20)21/h3-9H,10H2,1-2H3,(H,18,19)(H,20,21). The van der Waals surface area contributed by atoms with Crippen molar-refractivity contribution in [1.29, 1.82) is 0 Å². The van der Waals surface area contributed by atoms with Gasteiger partial charge in [0.05, 0.1) is 0 Å². The van der Waals surface area contributed by atoms with Crippen LogP contribution < -0.4 is 10.1 Å². The second kappa shape index (κ2) is 6.76. The number of carboxylic acid groups (broad SMARTS) is 1. The predicted octanol–water partition coefficient (Wildman–Crippen LogP) is 3.02. The summed E-state index contributed by atoms with van der Waals surface area (Å²) in [5, 5.41) is 11.8. The van der Waals surface area contributed by atoms with E-state index in [9.17, 15) is 9.59 Å². The van der Waals surface area contributed by atoms with Gasteiger partial charge in [0.15, 0.2) is 6.61 Å². The van der Waals surface area contributed by atoms with Gasteiger partial charge < -0.3 is 15.2 Å². The lowest BCUT2D eigenvalue weighted by Crippen LogP contribution is -2.21. The van der Waals surface area contributed by atoms with E-state index in [1.807, 2.05) is 32.0 Å². The first-order valence-corrected chi connectivity index (χ1v) is 6.79. The van der Waals surface area contributed by atoms with Crippen molar-refractivity contribution in [2.75, 3.05) is 11.9 Å². The molecule has 0 saturated carbocycles. The Morgan fingerprint density at radius 1 is 1.14 bits per heavy atom. The lowest BCUT2D eigenvalue weighted by atomic mass is 10.1. The molecule has 0 bridgehead atoms. The van der Waals surface area contributed by atoms with E-state index in [4.69, 9.17) is 9.84 Å². The minimum Gasteiger partial charge on any atom is -0.483 e.